The molecule has 2 aliphatic rings. The summed E-state index contributed by atoms with van der Waals surface area (Å²) in [5, 5.41) is 16.0. The number of amides is 2. The van der Waals surface area contributed by atoms with Crippen LogP contribution in [0.3, 0.4) is 0 Å². The van der Waals surface area contributed by atoms with Crippen LogP contribution >= 0.6 is 11.3 Å². The SMILES string of the molecule is Cc1ccccc1NC(=O)c1c(NC(=O)[C@H]2CC=CC[C@H]2C(=O)O)sc2c1CCCC2. The zero-order valence-electron chi connectivity index (χ0n) is 17.4. The predicted octanol–water partition coefficient (Wildman–Crippen LogP) is 4.79. The lowest BCUT2D eigenvalue weighted by Crippen LogP contribution is -2.35. The van der Waals surface area contributed by atoms with Gasteiger partial charge in [0.05, 0.1) is 17.4 Å². The Morgan fingerprint density at radius 2 is 1.71 bits per heavy atom. The first-order chi connectivity index (χ1) is 15.0. The van der Waals surface area contributed by atoms with Crippen LogP contribution in [0.25, 0.3) is 0 Å². The van der Waals surface area contributed by atoms with Gasteiger partial charge < -0.3 is 15.7 Å². The number of nitrogens with one attached hydrogen (secondary N) is 2. The molecule has 0 saturated heterocycles. The number of carboxylic acid groups (broad SMARTS) is 1. The van der Waals surface area contributed by atoms with Crippen molar-refractivity contribution in [2.24, 2.45) is 11.8 Å². The van der Waals surface area contributed by atoms with E-state index in [-0.39, 0.29) is 11.8 Å². The molecule has 1 aromatic carbocycles. The van der Waals surface area contributed by atoms with Crippen LogP contribution in [0.15, 0.2) is 36.4 Å². The van der Waals surface area contributed by atoms with Gasteiger partial charge in [0.15, 0.2) is 0 Å². The third kappa shape index (κ3) is 4.42. The normalized spacial score (nSPS) is 20.0. The summed E-state index contributed by atoms with van der Waals surface area (Å²) in [5.41, 5.74) is 3.23. The monoisotopic (exact) mass is 438 g/mol. The maximum absolute atomic E-state index is 13.3. The van der Waals surface area contributed by atoms with Crippen LogP contribution in [-0.4, -0.2) is 22.9 Å². The number of allylic oxidation sites excluding steroid dienone is 2. The van der Waals surface area contributed by atoms with Gasteiger partial charge in [0, 0.05) is 10.6 Å². The molecule has 31 heavy (non-hydrogen) atoms. The largest absolute Gasteiger partial charge is 0.481 e. The van der Waals surface area contributed by atoms with E-state index in [1.807, 2.05) is 43.3 Å². The number of fused-ring (bicyclic) bond motifs is 1. The van der Waals surface area contributed by atoms with Crippen LogP contribution < -0.4 is 10.6 Å². The Morgan fingerprint density at radius 3 is 2.45 bits per heavy atom. The van der Waals surface area contributed by atoms with Crippen LogP contribution in [0.4, 0.5) is 10.7 Å². The lowest BCUT2D eigenvalue weighted by atomic mass is 9.82. The highest BCUT2D eigenvalue weighted by atomic mass is 32.1. The number of rotatable bonds is 5. The molecule has 1 aromatic heterocycles. The van der Waals surface area contributed by atoms with Gasteiger partial charge in [0.25, 0.3) is 5.91 Å². The maximum Gasteiger partial charge on any atom is 0.307 e. The smallest absolute Gasteiger partial charge is 0.307 e. The molecule has 6 nitrogen and oxygen atoms in total. The highest BCUT2D eigenvalue weighted by Gasteiger charge is 2.35. The first kappa shape index (κ1) is 21.3. The Bertz CT molecular complexity index is 1060. The second-order valence-corrected chi connectivity index (χ2v) is 9.27. The molecule has 0 radical (unpaired) electrons. The van der Waals surface area contributed by atoms with Crippen molar-refractivity contribution in [1.82, 2.24) is 0 Å². The average molecular weight is 439 g/mol. The fraction of sp³-hybridized carbons (Fsp3) is 0.375. The van der Waals surface area contributed by atoms with Crippen LogP contribution in [0, 0.1) is 18.8 Å². The third-order valence-electron chi connectivity index (χ3n) is 6.11. The van der Waals surface area contributed by atoms with Crippen molar-refractivity contribution in [3.8, 4) is 0 Å². The van der Waals surface area contributed by atoms with Gasteiger partial charge in [-0.3, -0.25) is 14.4 Å². The zero-order valence-corrected chi connectivity index (χ0v) is 18.3. The van der Waals surface area contributed by atoms with Gasteiger partial charge in [-0.25, -0.2) is 0 Å². The molecule has 2 amide bonds. The molecule has 0 spiro atoms. The number of hydrogen-bond acceptors (Lipinski definition) is 4. The van der Waals surface area contributed by atoms with E-state index in [1.165, 1.54) is 11.3 Å². The minimum absolute atomic E-state index is 0.234. The number of benzene rings is 1. The summed E-state index contributed by atoms with van der Waals surface area (Å²) < 4.78 is 0. The van der Waals surface area contributed by atoms with E-state index in [0.717, 1.165) is 47.4 Å². The molecule has 162 valence electrons. The lowest BCUT2D eigenvalue weighted by molar-refractivity contribution is -0.146. The van der Waals surface area contributed by atoms with E-state index in [4.69, 9.17) is 0 Å². The standard InChI is InChI=1S/C24H26N2O4S/c1-14-8-2-6-12-18(14)25-22(28)20-17-11-5-7-13-19(17)31-23(20)26-21(27)15-9-3-4-10-16(15)24(29)30/h2-4,6,8,12,15-16H,5,7,9-11,13H2,1H3,(H,25,28)(H,26,27)(H,29,30)/t15-,16+/m0/s1. The van der Waals surface area contributed by atoms with Gasteiger partial charge in [0.2, 0.25) is 5.91 Å². The Morgan fingerprint density at radius 1 is 1.00 bits per heavy atom. The lowest BCUT2D eigenvalue weighted by Gasteiger charge is -2.24. The van der Waals surface area contributed by atoms with Gasteiger partial charge in [-0.2, -0.15) is 0 Å². The minimum atomic E-state index is -0.965. The van der Waals surface area contributed by atoms with E-state index >= 15 is 0 Å². The van der Waals surface area contributed by atoms with Crippen molar-refractivity contribution in [3.05, 3.63) is 58.0 Å². The Kier molecular flexibility index (Phi) is 6.23. The molecule has 4 rings (SSSR count). The number of carboxylic acids is 1. The molecular formula is C24H26N2O4S. The molecule has 0 saturated carbocycles. The summed E-state index contributed by atoms with van der Waals surface area (Å²) in [4.78, 5) is 39.1. The molecule has 7 heteroatoms. The quantitative estimate of drug-likeness (QED) is 0.585. The molecule has 2 atom stereocenters. The zero-order chi connectivity index (χ0) is 22.0. The molecule has 0 bridgehead atoms. The van der Waals surface area contributed by atoms with Gasteiger partial charge in [0.1, 0.15) is 5.00 Å². The number of carbonyl (C=O) groups excluding carboxylic acids is 2. The molecule has 0 aliphatic heterocycles. The van der Waals surface area contributed by atoms with E-state index in [2.05, 4.69) is 10.6 Å². The summed E-state index contributed by atoms with van der Waals surface area (Å²) in [7, 11) is 0. The van der Waals surface area contributed by atoms with Crippen molar-refractivity contribution in [3.63, 3.8) is 0 Å². The molecule has 3 N–H and O–H groups in total. The van der Waals surface area contributed by atoms with Gasteiger partial charge in [-0.1, -0.05) is 30.4 Å². The van der Waals surface area contributed by atoms with Crippen LogP contribution in [-0.2, 0) is 22.4 Å². The second kappa shape index (κ2) is 9.06. The van der Waals surface area contributed by atoms with Crippen molar-refractivity contribution in [1.29, 1.82) is 0 Å². The van der Waals surface area contributed by atoms with Gasteiger partial charge in [-0.05, 0) is 62.6 Å². The minimum Gasteiger partial charge on any atom is -0.481 e. The van der Waals surface area contributed by atoms with E-state index in [0.29, 0.717) is 23.4 Å². The van der Waals surface area contributed by atoms with Crippen LogP contribution in [0.1, 0.15) is 52.0 Å². The fourth-order valence-corrected chi connectivity index (χ4v) is 5.66. The third-order valence-corrected chi connectivity index (χ3v) is 7.32. The number of thiophene rings is 1. The predicted molar refractivity (Wildman–Crippen MR) is 122 cm³/mol. The highest BCUT2D eigenvalue weighted by molar-refractivity contribution is 7.17. The van der Waals surface area contributed by atoms with Gasteiger partial charge >= 0.3 is 5.97 Å². The second-order valence-electron chi connectivity index (χ2n) is 8.17. The number of hydrogen-bond donors (Lipinski definition) is 3. The van der Waals surface area contributed by atoms with Crippen molar-refractivity contribution < 1.29 is 19.5 Å². The Labute approximate surface area is 185 Å². The molecular weight excluding hydrogens is 412 g/mol. The van der Waals surface area contributed by atoms with Gasteiger partial charge in [-0.15, -0.1) is 11.3 Å². The van der Waals surface area contributed by atoms with Crippen molar-refractivity contribution >= 4 is 39.8 Å². The molecule has 2 aliphatic carbocycles. The summed E-state index contributed by atoms with van der Waals surface area (Å²) >= 11 is 1.45. The van der Waals surface area contributed by atoms with Crippen molar-refractivity contribution in [2.45, 2.75) is 45.4 Å². The van der Waals surface area contributed by atoms with Crippen molar-refractivity contribution in [2.75, 3.05) is 10.6 Å². The first-order valence-corrected chi connectivity index (χ1v) is 11.5. The number of aryl methyl sites for hydroxylation is 2. The highest BCUT2D eigenvalue weighted by Crippen LogP contribution is 2.39. The summed E-state index contributed by atoms with van der Waals surface area (Å²) in [5.74, 6) is -2.92. The van der Waals surface area contributed by atoms with E-state index in [9.17, 15) is 19.5 Å². The number of carbonyl (C=O) groups is 3. The molecule has 2 aromatic rings. The van der Waals surface area contributed by atoms with Crippen LogP contribution in [0.2, 0.25) is 0 Å². The topological polar surface area (TPSA) is 95.5 Å². The molecule has 0 fully saturated rings. The summed E-state index contributed by atoms with van der Waals surface area (Å²) in [6, 6.07) is 7.58. The Balaban J connectivity index is 1.63. The number of aliphatic carboxylic acids is 1. The maximum atomic E-state index is 13.3. The number of anilines is 2. The Hall–Kier alpha value is -2.93. The first-order valence-electron chi connectivity index (χ1n) is 10.7. The summed E-state index contributed by atoms with van der Waals surface area (Å²) in [6.07, 6.45) is 8.17. The fourth-order valence-electron chi connectivity index (χ4n) is 4.37. The van der Waals surface area contributed by atoms with Crippen LogP contribution in [0.5, 0.6) is 0 Å². The van der Waals surface area contributed by atoms with E-state index < -0.39 is 17.8 Å². The summed E-state index contributed by atoms with van der Waals surface area (Å²) in [6.45, 7) is 1.93. The average Bonchev–Trinajstić information content (AvgIpc) is 3.13. The molecule has 0 unspecified atom stereocenters. The van der Waals surface area contributed by atoms with E-state index in [1.54, 1.807) is 0 Å². The number of para-hydroxylation sites is 1. The molecule has 1 heterocycles.